The third-order valence-electron chi connectivity index (χ3n) is 3.38. The Morgan fingerprint density at radius 3 is 2.68 bits per heavy atom. The van der Waals surface area contributed by atoms with Crippen molar-refractivity contribution in [2.45, 2.75) is 6.61 Å². The molecule has 1 aromatic heterocycles. The number of rotatable bonds is 6. The van der Waals surface area contributed by atoms with Crippen LogP contribution in [0.25, 0.3) is 0 Å². The molecule has 0 aliphatic carbocycles. The number of carbonyl (C=O) groups excluding carboxylic acids is 1. The number of benzene rings is 2. The van der Waals surface area contributed by atoms with Gasteiger partial charge in [0.1, 0.15) is 18.1 Å². The summed E-state index contributed by atoms with van der Waals surface area (Å²) in [5.74, 6) is 0.386. The fourth-order valence-corrected chi connectivity index (χ4v) is 2.15. The zero-order valence-electron chi connectivity index (χ0n) is 13.5. The molecular weight excluding hydrogens is 314 g/mol. The molecule has 1 heterocycles. The Hall–Kier alpha value is -3.47. The van der Waals surface area contributed by atoms with E-state index in [2.05, 4.69) is 15.5 Å². The van der Waals surface area contributed by atoms with Gasteiger partial charge in [-0.15, -0.1) is 0 Å². The highest BCUT2D eigenvalue weighted by Gasteiger charge is 2.03. The first-order chi connectivity index (χ1) is 12.3. The molecule has 0 unspecified atom stereocenters. The molecule has 0 saturated heterocycles. The van der Waals surface area contributed by atoms with Crippen molar-refractivity contribution in [3.63, 3.8) is 0 Å². The first-order valence-corrected chi connectivity index (χ1v) is 7.82. The lowest BCUT2D eigenvalue weighted by atomic mass is 10.2. The van der Waals surface area contributed by atoms with Crippen molar-refractivity contribution in [3.8, 4) is 5.75 Å². The Balaban J connectivity index is 1.57. The van der Waals surface area contributed by atoms with Gasteiger partial charge in [-0.3, -0.25) is 9.78 Å². The Morgan fingerprint density at radius 2 is 1.88 bits per heavy atom. The number of carbonyl (C=O) groups is 1. The van der Waals surface area contributed by atoms with Crippen molar-refractivity contribution in [2.24, 2.45) is 5.10 Å². The predicted octanol–water partition coefficient (Wildman–Crippen LogP) is 3.42. The summed E-state index contributed by atoms with van der Waals surface area (Å²) in [6.07, 6.45) is 3.13. The van der Waals surface area contributed by atoms with E-state index in [0.717, 1.165) is 16.9 Å². The van der Waals surface area contributed by atoms with E-state index in [-0.39, 0.29) is 5.91 Å². The first-order valence-electron chi connectivity index (χ1n) is 7.82. The minimum Gasteiger partial charge on any atom is -0.489 e. The molecule has 3 rings (SSSR count). The second-order valence-corrected chi connectivity index (χ2v) is 5.26. The van der Waals surface area contributed by atoms with Crippen molar-refractivity contribution in [1.82, 2.24) is 10.4 Å². The molecular formula is C20H17N3O2. The van der Waals surface area contributed by atoms with Crippen LogP contribution < -0.4 is 10.2 Å². The van der Waals surface area contributed by atoms with Crippen molar-refractivity contribution >= 4 is 12.1 Å². The van der Waals surface area contributed by atoms with E-state index in [4.69, 9.17) is 4.74 Å². The van der Waals surface area contributed by atoms with Crippen LogP contribution in [-0.2, 0) is 6.61 Å². The number of hydrazone groups is 1. The average Bonchev–Trinajstić information content (AvgIpc) is 2.68. The lowest BCUT2D eigenvalue weighted by Crippen LogP contribution is -2.18. The molecule has 2 aromatic carbocycles. The van der Waals surface area contributed by atoms with Crippen molar-refractivity contribution in [3.05, 3.63) is 95.8 Å². The number of amides is 1. The van der Waals surface area contributed by atoms with E-state index in [1.165, 1.54) is 0 Å². The maximum Gasteiger partial charge on any atom is 0.289 e. The fourth-order valence-electron chi connectivity index (χ4n) is 2.15. The molecule has 1 amide bonds. The number of ether oxygens (including phenoxy) is 1. The van der Waals surface area contributed by atoms with E-state index in [9.17, 15) is 4.79 Å². The monoisotopic (exact) mass is 331 g/mol. The number of hydrogen-bond acceptors (Lipinski definition) is 4. The maximum atomic E-state index is 11.8. The molecule has 1 N–H and O–H groups in total. The minimum absolute atomic E-state index is 0.319. The van der Waals surface area contributed by atoms with Crippen LogP contribution >= 0.6 is 0 Å². The summed E-state index contributed by atoms with van der Waals surface area (Å²) >= 11 is 0. The Bertz CT molecular complexity index is 849. The van der Waals surface area contributed by atoms with Crippen molar-refractivity contribution in [2.75, 3.05) is 0 Å². The van der Waals surface area contributed by atoms with Gasteiger partial charge >= 0.3 is 0 Å². The van der Waals surface area contributed by atoms with Gasteiger partial charge in [-0.05, 0) is 35.4 Å². The van der Waals surface area contributed by atoms with Crippen LogP contribution in [0.4, 0.5) is 0 Å². The summed E-state index contributed by atoms with van der Waals surface area (Å²) in [6.45, 7) is 0.498. The molecule has 25 heavy (non-hydrogen) atoms. The van der Waals surface area contributed by atoms with Crippen LogP contribution in [0.5, 0.6) is 5.75 Å². The molecule has 3 aromatic rings. The summed E-state index contributed by atoms with van der Waals surface area (Å²) in [5, 5.41) is 3.96. The van der Waals surface area contributed by atoms with Crippen molar-refractivity contribution in [1.29, 1.82) is 0 Å². The van der Waals surface area contributed by atoms with Gasteiger partial charge < -0.3 is 4.74 Å². The summed E-state index contributed by atoms with van der Waals surface area (Å²) in [7, 11) is 0. The highest BCUT2D eigenvalue weighted by molar-refractivity contribution is 5.93. The summed E-state index contributed by atoms with van der Waals surface area (Å²) in [4.78, 5) is 15.8. The lowest BCUT2D eigenvalue weighted by Gasteiger charge is -2.06. The molecule has 0 aliphatic heterocycles. The third kappa shape index (κ3) is 5.00. The number of nitrogens with one attached hydrogen (secondary N) is 1. The fraction of sp³-hybridized carbons (Fsp3) is 0.0500. The second-order valence-electron chi connectivity index (χ2n) is 5.26. The topological polar surface area (TPSA) is 63.6 Å². The number of nitrogens with zero attached hydrogens (tertiary/aromatic N) is 2. The molecule has 5 heteroatoms. The van der Waals surface area contributed by atoms with Gasteiger partial charge in [0.25, 0.3) is 5.91 Å². The third-order valence-corrected chi connectivity index (χ3v) is 3.38. The Labute approximate surface area is 146 Å². The second kappa shape index (κ2) is 8.40. The molecule has 0 spiro atoms. The number of aromatic nitrogens is 1. The van der Waals surface area contributed by atoms with Gasteiger partial charge in [-0.2, -0.15) is 5.10 Å². The smallest absolute Gasteiger partial charge is 0.289 e. The molecule has 0 saturated carbocycles. The Kier molecular flexibility index (Phi) is 5.51. The zero-order valence-corrected chi connectivity index (χ0v) is 13.5. The van der Waals surface area contributed by atoms with Crippen LogP contribution in [0.1, 0.15) is 21.6 Å². The number of hydrogen-bond donors (Lipinski definition) is 1. The van der Waals surface area contributed by atoms with Crippen LogP contribution in [0.15, 0.2) is 84.1 Å². The highest BCUT2D eigenvalue weighted by Crippen LogP contribution is 2.14. The van der Waals surface area contributed by atoms with E-state index in [1.54, 1.807) is 30.6 Å². The molecule has 0 bridgehead atoms. The molecule has 0 atom stereocenters. The van der Waals surface area contributed by atoms with Crippen LogP contribution in [0, 0.1) is 0 Å². The van der Waals surface area contributed by atoms with Crippen LogP contribution in [0.2, 0.25) is 0 Å². The maximum absolute atomic E-state index is 11.8. The SMILES string of the molecule is O=C(NN=Cc1cccc(OCc2ccccc2)c1)c1ccccn1. The van der Waals surface area contributed by atoms with Crippen LogP contribution in [0.3, 0.4) is 0 Å². The van der Waals surface area contributed by atoms with E-state index in [1.807, 2.05) is 54.6 Å². The molecule has 124 valence electrons. The van der Waals surface area contributed by atoms with Gasteiger partial charge in [0.05, 0.1) is 6.21 Å². The first kappa shape index (κ1) is 16.4. The Morgan fingerprint density at radius 1 is 1.04 bits per heavy atom. The minimum atomic E-state index is -0.353. The van der Waals surface area contributed by atoms with Gasteiger partial charge in [-0.1, -0.05) is 48.5 Å². The van der Waals surface area contributed by atoms with E-state index >= 15 is 0 Å². The molecule has 0 radical (unpaired) electrons. The lowest BCUT2D eigenvalue weighted by molar-refractivity contribution is 0.0950. The summed E-state index contributed by atoms with van der Waals surface area (Å²) < 4.78 is 5.77. The zero-order chi connectivity index (χ0) is 17.3. The van der Waals surface area contributed by atoms with Crippen LogP contribution in [-0.4, -0.2) is 17.1 Å². The molecule has 0 fully saturated rings. The predicted molar refractivity (Wildman–Crippen MR) is 96.5 cm³/mol. The molecule has 5 nitrogen and oxygen atoms in total. The summed E-state index contributed by atoms with van der Waals surface area (Å²) in [6, 6.07) is 22.6. The van der Waals surface area contributed by atoms with Crippen molar-refractivity contribution < 1.29 is 9.53 Å². The summed E-state index contributed by atoms with van der Waals surface area (Å²) in [5.41, 5.74) is 4.70. The quantitative estimate of drug-likeness (QED) is 0.556. The standard InChI is InChI=1S/C20H17N3O2/c24-20(19-11-4-5-12-21-19)23-22-14-17-9-6-10-18(13-17)25-15-16-7-2-1-3-8-16/h1-14H,15H2,(H,23,24). The van der Waals surface area contributed by atoms with Gasteiger partial charge in [0, 0.05) is 6.20 Å². The van der Waals surface area contributed by atoms with E-state index < -0.39 is 0 Å². The number of pyridine rings is 1. The highest BCUT2D eigenvalue weighted by atomic mass is 16.5. The largest absolute Gasteiger partial charge is 0.489 e. The average molecular weight is 331 g/mol. The van der Waals surface area contributed by atoms with E-state index in [0.29, 0.717) is 12.3 Å². The molecule has 0 aliphatic rings. The van der Waals surface area contributed by atoms with Gasteiger partial charge in [0.2, 0.25) is 0 Å². The van der Waals surface area contributed by atoms with Gasteiger partial charge in [0.15, 0.2) is 0 Å². The van der Waals surface area contributed by atoms with Gasteiger partial charge in [-0.25, -0.2) is 5.43 Å². The normalized spacial score (nSPS) is 10.6.